The highest BCUT2D eigenvalue weighted by Gasteiger charge is 2.53. The van der Waals surface area contributed by atoms with E-state index < -0.39 is 16.1 Å². The minimum atomic E-state index is -3.59. The van der Waals surface area contributed by atoms with Gasteiger partial charge in [-0.2, -0.15) is 4.31 Å². The van der Waals surface area contributed by atoms with E-state index in [1.807, 2.05) is 45.0 Å². The van der Waals surface area contributed by atoms with Crippen LogP contribution in [0.25, 0.3) is 0 Å². The van der Waals surface area contributed by atoms with Gasteiger partial charge in [-0.3, -0.25) is 0 Å². The van der Waals surface area contributed by atoms with Crippen LogP contribution in [0.5, 0.6) is 0 Å². The van der Waals surface area contributed by atoms with Gasteiger partial charge in [0.05, 0.1) is 10.9 Å². The van der Waals surface area contributed by atoms with Crippen molar-refractivity contribution in [1.82, 2.24) is 9.62 Å². The molecule has 2 unspecified atom stereocenters. The smallest absolute Gasteiger partial charge is 0.407 e. The number of halogens is 1. The highest BCUT2D eigenvalue weighted by Crippen LogP contribution is 2.41. The van der Waals surface area contributed by atoms with E-state index in [2.05, 4.69) is 11.9 Å². The van der Waals surface area contributed by atoms with E-state index in [4.69, 9.17) is 16.3 Å². The predicted molar refractivity (Wildman–Crippen MR) is 131 cm³/mol. The second kappa shape index (κ2) is 10.7. The molecule has 0 aromatic heterocycles. The molecule has 3 atom stereocenters. The molecule has 3 rings (SSSR count). The summed E-state index contributed by atoms with van der Waals surface area (Å²) in [4.78, 5) is 12.3. The first-order valence-corrected chi connectivity index (χ1v) is 12.9. The minimum absolute atomic E-state index is 0.0974. The number of amides is 1. The van der Waals surface area contributed by atoms with Crippen LogP contribution in [0.3, 0.4) is 0 Å². The zero-order valence-electron chi connectivity index (χ0n) is 19.3. The summed E-state index contributed by atoms with van der Waals surface area (Å²) in [6, 6.07) is 10.7. The van der Waals surface area contributed by atoms with Gasteiger partial charge in [0.15, 0.2) is 0 Å². The number of rotatable bonds is 10. The van der Waals surface area contributed by atoms with Crippen molar-refractivity contribution in [3.05, 3.63) is 76.3 Å². The number of carbonyl (C=O) groups is 1. The van der Waals surface area contributed by atoms with Crippen LogP contribution < -0.4 is 5.32 Å². The number of sulfonamides is 1. The van der Waals surface area contributed by atoms with E-state index >= 15 is 0 Å². The standard InChI is InChI=1S/C25H31ClN2O4S/c1-5-22-23(28(22)33(30,31)24-18(3)14-17(2)15-19(24)4)12-8-9-13-27-25(29)32-16-20-10-6-7-11-21(20)26/h5-7,10-11,14-15,22-23H,1,8-9,12-13,16H2,2-4H3,(H,27,29)/t22?,23-,28?/m0/s1. The fraction of sp³-hybridized carbons (Fsp3) is 0.400. The topological polar surface area (TPSA) is 75.5 Å². The number of unbranched alkanes of at least 4 members (excludes halogenated alkanes) is 1. The molecular weight excluding hydrogens is 460 g/mol. The van der Waals surface area contributed by atoms with Crippen molar-refractivity contribution < 1.29 is 17.9 Å². The number of nitrogens with one attached hydrogen (secondary N) is 1. The van der Waals surface area contributed by atoms with Crippen molar-refractivity contribution in [2.45, 2.75) is 63.6 Å². The van der Waals surface area contributed by atoms with Gasteiger partial charge in [-0.05, 0) is 50.8 Å². The molecule has 1 N–H and O–H groups in total. The average Bonchev–Trinajstić information content (AvgIpc) is 3.46. The second-order valence-electron chi connectivity index (χ2n) is 8.45. The van der Waals surface area contributed by atoms with Crippen LogP contribution in [0.4, 0.5) is 4.79 Å². The highest BCUT2D eigenvalue weighted by atomic mass is 35.5. The van der Waals surface area contributed by atoms with Crippen LogP contribution in [0, 0.1) is 20.8 Å². The van der Waals surface area contributed by atoms with Gasteiger partial charge in [-0.15, -0.1) is 6.58 Å². The molecule has 0 aliphatic carbocycles. The fourth-order valence-corrected chi connectivity index (χ4v) is 6.74. The van der Waals surface area contributed by atoms with Gasteiger partial charge in [0.1, 0.15) is 6.61 Å². The Labute approximate surface area is 201 Å². The van der Waals surface area contributed by atoms with E-state index in [-0.39, 0.29) is 18.7 Å². The van der Waals surface area contributed by atoms with Gasteiger partial charge in [-0.1, -0.05) is 60.0 Å². The van der Waals surface area contributed by atoms with Crippen LogP contribution in [-0.2, 0) is 21.4 Å². The molecule has 0 bridgehead atoms. The molecule has 0 spiro atoms. The molecule has 6 nitrogen and oxygen atoms in total. The number of nitrogens with zero attached hydrogens (tertiary/aromatic N) is 1. The summed E-state index contributed by atoms with van der Waals surface area (Å²) in [5.74, 6) is 0. The van der Waals surface area contributed by atoms with E-state index in [1.165, 1.54) is 0 Å². The molecule has 1 heterocycles. The number of ether oxygens (including phenoxy) is 1. The number of hydrogen-bond donors (Lipinski definition) is 1. The van der Waals surface area contributed by atoms with Crippen LogP contribution in [0.2, 0.25) is 5.02 Å². The van der Waals surface area contributed by atoms with E-state index in [9.17, 15) is 13.2 Å². The Hall–Kier alpha value is -2.35. The molecule has 2 aromatic carbocycles. The average molecular weight is 491 g/mol. The third kappa shape index (κ3) is 5.96. The summed E-state index contributed by atoms with van der Waals surface area (Å²) in [6.07, 6.45) is 3.40. The lowest BCUT2D eigenvalue weighted by Crippen LogP contribution is -2.25. The van der Waals surface area contributed by atoms with Crippen molar-refractivity contribution in [2.24, 2.45) is 0 Å². The molecule has 33 heavy (non-hydrogen) atoms. The summed E-state index contributed by atoms with van der Waals surface area (Å²) < 4.78 is 33.4. The molecule has 1 aliphatic rings. The fourth-order valence-electron chi connectivity index (χ4n) is 4.33. The summed E-state index contributed by atoms with van der Waals surface area (Å²) >= 11 is 6.05. The number of alkyl carbamates (subject to hydrolysis) is 1. The lowest BCUT2D eigenvalue weighted by Gasteiger charge is -2.13. The van der Waals surface area contributed by atoms with Gasteiger partial charge in [0.25, 0.3) is 0 Å². The Kier molecular flexibility index (Phi) is 8.21. The Morgan fingerprint density at radius 3 is 2.48 bits per heavy atom. The Morgan fingerprint density at radius 1 is 1.18 bits per heavy atom. The Morgan fingerprint density at radius 2 is 1.85 bits per heavy atom. The molecule has 0 saturated carbocycles. The van der Waals surface area contributed by atoms with Crippen molar-refractivity contribution >= 4 is 27.7 Å². The first-order valence-electron chi connectivity index (χ1n) is 11.0. The van der Waals surface area contributed by atoms with Crippen LogP contribution >= 0.6 is 11.6 Å². The molecule has 0 radical (unpaired) electrons. The van der Waals surface area contributed by atoms with Gasteiger partial charge in [-0.25, -0.2) is 13.2 Å². The van der Waals surface area contributed by atoms with Crippen molar-refractivity contribution in [2.75, 3.05) is 6.54 Å². The Bertz CT molecular complexity index is 1110. The van der Waals surface area contributed by atoms with Gasteiger partial charge in [0.2, 0.25) is 10.0 Å². The number of aryl methyl sites for hydroxylation is 3. The maximum absolute atomic E-state index is 13.3. The third-order valence-electron chi connectivity index (χ3n) is 5.82. The lowest BCUT2D eigenvalue weighted by molar-refractivity contribution is 0.139. The van der Waals surface area contributed by atoms with E-state index in [1.54, 1.807) is 22.5 Å². The number of carbonyl (C=O) groups excluding carboxylic acids is 1. The van der Waals surface area contributed by atoms with Gasteiger partial charge < -0.3 is 10.1 Å². The van der Waals surface area contributed by atoms with Gasteiger partial charge >= 0.3 is 6.09 Å². The molecular formula is C25H31ClN2O4S. The minimum Gasteiger partial charge on any atom is -0.445 e. The molecule has 178 valence electrons. The largest absolute Gasteiger partial charge is 0.445 e. The zero-order chi connectivity index (χ0) is 24.2. The van der Waals surface area contributed by atoms with Crippen LogP contribution in [0.15, 0.2) is 53.9 Å². The number of hydrogen-bond acceptors (Lipinski definition) is 4. The van der Waals surface area contributed by atoms with Gasteiger partial charge in [0, 0.05) is 23.2 Å². The summed E-state index contributed by atoms with van der Waals surface area (Å²) in [6.45, 7) is 10.0. The summed E-state index contributed by atoms with van der Waals surface area (Å²) in [5.41, 5.74) is 3.32. The first kappa shape index (κ1) is 25.3. The van der Waals surface area contributed by atoms with E-state index in [0.717, 1.165) is 35.1 Å². The molecule has 1 amide bonds. The van der Waals surface area contributed by atoms with E-state index in [0.29, 0.717) is 22.9 Å². The SMILES string of the molecule is C=CC1[C@H](CCCCNC(=O)OCc2ccccc2Cl)N1S(=O)(=O)c1c(C)cc(C)cc1C. The maximum atomic E-state index is 13.3. The quantitative estimate of drug-likeness (QED) is 0.279. The maximum Gasteiger partial charge on any atom is 0.407 e. The second-order valence-corrected chi connectivity index (χ2v) is 10.6. The molecule has 1 saturated heterocycles. The predicted octanol–water partition coefficient (Wildman–Crippen LogP) is 5.29. The van der Waals surface area contributed by atoms with Crippen molar-refractivity contribution in [3.63, 3.8) is 0 Å². The zero-order valence-corrected chi connectivity index (χ0v) is 20.9. The molecule has 1 fully saturated rings. The monoisotopic (exact) mass is 490 g/mol. The van der Waals surface area contributed by atoms with Crippen molar-refractivity contribution in [3.8, 4) is 0 Å². The lowest BCUT2D eigenvalue weighted by atomic mass is 10.1. The van der Waals surface area contributed by atoms with Crippen molar-refractivity contribution in [1.29, 1.82) is 0 Å². The Balaban J connectivity index is 1.46. The summed E-state index contributed by atoms with van der Waals surface area (Å²) in [7, 11) is -3.59. The molecule has 8 heteroatoms. The first-order chi connectivity index (χ1) is 15.7. The molecule has 1 aliphatic heterocycles. The molecule has 2 aromatic rings. The number of benzene rings is 2. The highest BCUT2D eigenvalue weighted by molar-refractivity contribution is 7.89. The third-order valence-corrected chi connectivity index (χ3v) is 8.42. The van der Waals surface area contributed by atoms with Crippen LogP contribution in [0.1, 0.15) is 41.5 Å². The van der Waals surface area contributed by atoms with Crippen LogP contribution in [-0.4, -0.2) is 37.4 Å². The normalized spacial score (nSPS) is 19.7. The summed E-state index contributed by atoms with van der Waals surface area (Å²) in [5, 5.41) is 3.28.